The average Bonchev–Trinajstić information content (AvgIpc) is 2.99. The highest BCUT2D eigenvalue weighted by atomic mass is 19.1. The summed E-state index contributed by atoms with van der Waals surface area (Å²) in [6, 6.07) is 10.8. The van der Waals surface area contributed by atoms with Crippen LogP contribution in [-0.4, -0.2) is 42.1 Å². The van der Waals surface area contributed by atoms with Crippen LogP contribution in [0.4, 0.5) is 4.39 Å². The number of ether oxygens (including phenoxy) is 3. The Labute approximate surface area is 254 Å². The number of amides is 1. The first-order valence-corrected chi connectivity index (χ1v) is 15.2. The molecule has 5 rings (SSSR count). The third-order valence-corrected chi connectivity index (χ3v) is 8.55. The number of fused-ring (bicyclic) bond motifs is 2. The van der Waals surface area contributed by atoms with Crippen LogP contribution in [0.25, 0.3) is 11.1 Å². The zero-order valence-electron chi connectivity index (χ0n) is 26.4. The Bertz CT molecular complexity index is 1560. The van der Waals surface area contributed by atoms with Gasteiger partial charge in [0.2, 0.25) is 0 Å². The molecule has 6 nitrogen and oxygen atoms in total. The molecule has 0 saturated carbocycles. The fourth-order valence-corrected chi connectivity index (χ4v) is 6.55. The van der Waals surface area contributed by atoms with Crippen molar-refractivity contribution >= 4 is 11.9 Å². The molecule has 0 fully saturated rings. The lowest BCUT2D eigenvalue weighted by molar-refractivity contribution is -0.166. The summed E-state index contributed by atoms with van der Waals surface area (Å²) in [5.41, 5.74) is 7.88. The fourth-order valence-electron chi connectivity index (χ4n) is 6.55. The molecular formula is C36H42FNO5. The Morgan fingerprint density at radius 3 is 2.40 bits per heavy atom. The Morgan fingerprint density at radius 1 is 1.00 bits per heavy atom. The summed E-state index contributed by atoms with van der Waals surface area (Å²) < 4.78 is 33.5. The van der Waals surface area contributed by atoms with E-state index >= 15 is 4.39 Å². The summed E-state index contributed by atoms with van der Waals surface area (Å²) in [5, 5.41) is 0. The largest absolute Gasteiger partial charge is 0.490 e. The van der Waals surface area contributed by atoms with Crippen LogP contribution < -0.4 is 4.74 Å². The van der Waals surface area contributed by atoms with E-state index in [-0.39, 0.29) is 12.5 Å². The maximum atomic E-state index is 15.7. The van der Waals surface area contributed by atoms with Gasteiger partial charge in [0.15, 0.2) is 17.7 Å². The number of esters is 1. The standard InChI is InChI=1S/C36H42FNO5/c1-8-41-35(40)33(43-36(5,6)7)31-22(3)25-16-17-38(34(39)24-13-10-9-11-14-24)20-28(25)23(4)30(31)27-19-29(37)32-26(21(27)2)15-12-18-42-32/h9-11,13-14,19,33H,8,12,15-18,20H2,1-7H3/t33-/m0/s1. The molecule has 0 spiro atoms. The molecule has 0 bridgehead atoms. The van der Waals surface area contributed by atoms with Crippen molar-refractivity contribution in [1.29, 1.82) is 0 Å². The van der Waals surface area contributed by atoms with Crippen LogP contribution in [0.15, 0.2) is 36.4 Å². The van der Waals surface area contributed by atoms with E-state index in [2.05, 4.69) is 0 Å². The van der Waals surface area contributed by atoms with Crippen molar-refractivity contribution in [3.8, 4) is 16.9 Å². The van der Waals surface area contributed by atoms with Crippen LogP contribution in [0, 0.1) is 26.6 Å². The molecule has 0 aliphatic carbocycles. The molecule has 3 aromatic carbocycles. The van der Waals surface area contributed by atoms with Gasteiger partial charge in [-0.2, -0.15) is 0 Å². The van der Waals surface area contributed by atoms with Gasteiger partial charge in [-0.05, 0) is 125 Å². The second-order valence-corrected chi connectivity index (χ2v) is 12.5. The van der Waals surface area contributed by atoms with Crippen molar-refractivity contribution < 1.29 is 28.2 Å². The van der Waals surface area contributed by atoms with E-state index in [1.165, 1.54) is 6.07 Å². The molecule has 3 aromatic rings. The molecule has 0 radical (unpaired) electrons. The topological polar surface area (TPSA) is 65.1 Å². The van der Waals surface area contributed by atoms with Gasteiger partial charge in [0.25, 0.3) is 5.91 Å². The smallest absolute Gasteiger partial charge is 0.339 e. The lowest BCUT2D eigenvalue weighted by Crippen LogP contribution is -2.37. The first-order valence-electron chi connectivity index (χ1n) is 15.2. The maximum absolute atomic E-state index is 15.7. The van der Waals surface area contributed by atoms with Gasteiger partial charge >= 0.3 is 5.97 Å². The number of hydrogen-bond donors (Lipinski definition) is 0. The molecule has 43 heavy (non-hydrogen) atoms. The highest BCUT2D eigenvalue weighted by Crippen LogP contribution is 2.46. The number of carbonyl (C=O) groups excluding carboxylic acids is 2. The van der Waals surface area contributed by atoms with E-state index in [1.807, 2.05) is 76.8 Å². The molecule has 228 valence electrons. The predicted octanol–water partition coefficient (Wildman–Crippen LogP) is 7.36. The third-order valence-electron chi connectivity index (χ3n) is 8.55. The van der Waals surface area contributed by atoms with Crippen LogP contribution in [0.1, 0.15) is 89.5 Å². The molecule has 1 atom stereocenters. The third kappa shape index (κ3) is 5.92. The molecule has 0 saturated heterocycles. The minimum Gasteiger partial charge on any atom is -0.490 e. The normalized spacial score (nSPS) is 15.3. The monoisotopic (exact) mass is 587 g/mol. The van der Waals surface area contributed by atoms with Gasteiger partial charge in [-0.3, -0.25) is 4.79 Å². The van der Waals surface area contributed by atoms with E-state index in [0.29, 0.717) is 55.0 Å². The maximum Gasteiger partial charge on any atom is 0.339 e. The van der Waals surface area contributed by atoms with Gasteiger partial charge in [0.05, 0.1) is 18.8 Å². The number of nitrogens with zero attached hydrogens (tertiary/aromatic N) is 1. The van der Waals surface area contributed by atoms with E-state index in [1.54, 1.807) is 6.92 Å². The van der Waals surface area contributed by atoms with Gasteiger partial charge in [-0.15, -0.1) is 0 Å². The number of benzene rings is 3. The molecule has 0 aromatic heterocycles. The zero-order chi connectivity index (χ0) is 31.1. The SMILES string of the molecule is CCOC(=O)[C@@H](OC(C)(C)C)c1c(C)c2c(c(C)c1-c1cc(F)c3c(c1C)CCCO3)CN(C(=O)c1ccccc1)CC2. The molecule has 0 unspecified atom stereocenters. The van der Waals surface area contributed by atoms with E-state index in [4.69, 9.17) is 14.2 Å². The quantitative estimate of drug-likeness (QED) is 0.282. The van der Waals surface area contributed by atoms with E-state index < -0.39 is 23.5 Å². The zero-order valence-corrected chi connectivity index (χ0v) is 26.4. The molecular weight excluding hydrogens is 545 g/mol. The van der Waals surface area contributed by atoms with Crippen molar-refractivity contribution in [3.63, 3.8) is 0 Å². The first-order chi connectivity index (χ1) is 20.4. The average molecular weight is 588 g/mol. The number of rotatable bonds is 6. The molecule has 2 heterocycles. The Balaban J connectivity index is 1.76. The van der Waals surface area contributed by atoms with E-state index in [0.717, 1.165) is 45.4 Å². The fraction of sp³-hybridized carbons (Fsp3) is 0.444. The second-order valence-electron chi connectivity index (χ2n) is 12.5. The highest BCUT2D eigenvalue weighted by Gasteiger charge is 2.37. The van der Waals surface area contributed by atoms with Crippen LogP contribution in [0.3, 0.4) is 0 Å². The second kappa shape index (κ2) is 12.1. The molecule has 1 amide bonds. The van der Waals surface area contributed by atoms with Crippen molar-refractivity contribution in [1.82, 2.24) is 4.90 Å². The summed E-state index contributed by atoms with van der Waals surface area (Å²) in [6.45, 7) is 15.2. The van der Waals surface area contributed by atoms with E-state index in [9.17, 15) is 9.59 Å². The highest BCUT2D eigenvalue weighted by molar-refractivity contribution is 5.94. The molecule has 0 N–H and O–H groups in total. The van der Waals surface area contributed by atoms with Crippen molar-refractivity contribution in [2.24, 2.45) is 0 Å². The lowest BCUT2D eigenvalue weighted by Gasteiger charge is -2.36. The summed E-state index contributed by atoms with van der Waals surface area (Å²) >= 11 is 0. The van der Waals surface area contributed by atoms with Crippen molar-refractivity contribution in [2.45, 2.75) is 86.0 Å². The first kappa shape index (κ1) is 30.7. The summed E-state index contributed by atoms with van der Waals surface area (Å²) in [4.78, 5) is 29.0. The summed E-state index contributed by atoms with van der Waals surface area (Å²) in [6.07, 6.45) is 1.13. The van der Waals surface area contributed by atoms with Crippen molar-refractivity contribution in [2.75, 3.05) is 19.8 Å². The van der Waals surface area contributed by atoms with Gasteiger partial charge in [-0.25, -0.2) is 9.18 Å². The Morgan fingerprint density at radius 2 is 1.72 bits per heavy atom. The van der Waals surface area contributed by atoms with Gasteiger partial charge in [-0.1, -0.05) is 18.2 Å². The minimum atomic E-state index is -1.02. The molecule has 2 aliphatic rings. The molecule has 7 heteroatoms. The van der Waals surface area contributed by atoms with Gasteiger partial charge < -0.3 is 19.1 Å². The van der Waals surface area contributed by atoms with Crippen LogP contribution in [0.5, 0.6) is 5.75 Å². The minimum absolute atomic E-state index is 0.0254. The van der Waals surface area contributed by atoms with Gasteiger partial charge in [0, 0.05) is 29.8 Å². The Kier molecular flexibility index (Phi) is 8.66. The Hall–Kier alpha value is -3.71. The predicted molar refractivity (Wildman–Crippen MR) is 165 cm³/mol. The summed E-state index contributed by atoms with van der Waals surface area (Å²) in [5.74, 6) is -0.602. The van der Waals surface area contributed by atoms with Crippen LogP contribution >= 0.6 is 0 Å². The van der Waals surface area contributed by atoms with Crippen LogP contribution in [0.2, 0.25) is 0 Å². The van der Waals surface area contributed by atoms with Crippen molar-refractivity contribution in [3.05, 3.63) is 86.7 Å². The number of hydrogen-bond acceptors (Lipinski definition) is 5. The van der Waals surface area contributed by atoms with Gasteiger partial charge in [0.1, 0.15) is 0 Å². The molecule has 2 aliphatic heterocycles. The van der Waals surface area contributed by atoms with Crippen LogP contribution in [-0.2, 0) is 33.7 Å². The number of carbonyl (C=O) groups is 2. The number of halogens is 1. The lowest BCUT2D eigenvalue weighted by atomic mass is 9.78. The summed E-state index contributed by atoms with van der Waals surface area (Å²) in [7, 11) is 0.